The van der Waals surface area contributed by atoms with Crippen LogP contribution in [-0.2, 0) is 11.2 Å². The lowest BCUT2D eigenvalue weighted by Crippen LogP contribution is -2.29. The highest BCUT2D eigenvalue weighted by atomic mass is 35.5. The van der Waals surface area contributed by atoms with Crippen LogP contribution in [0.25, 0.3) is 0 Å². The number of rotatable bonds is 7. The minimum absolute atomic E-state index is 0.0375. The molecule has 2 aromatic rings. The number of halogens is 2. The van der Waals surface area contributed by atoms with Crippen LogP contribution in [0.5, 0.6) is 0 Å². The molecule has 0 fully saturated rings. The van der Waals surface area contributed by atoms with E-state index >= 15 is 0 Å². The summed E-state index contributed by atoms with van der Waals surface area (Å²) >= 11 is 12.1. The maximum atomic E-state index is 12.4. The van der Waals surface area contributed by atoms with Crippen LogP contribution in [0.3, 0.4) is 0 Å². The third-order valence-electron chi connectivity index (χ3n) is 3.88. The van der Waals surface area contributed by atoms with Crippen LogP contribution in [0, 0.1) is 5.92 Å². The molecule has 0 aliphatic carbocycles. The average Bonchev–Trinajstić information content (AvgIpc) is 2.54. The molecule has 0 saturated heterocycles. The maximum Gasteiger partial charge on any atom is 0.220 e. The molecule has 2 rings (SSSR count). The summed E-state index contributed by atoms with van der Waals surface area (Å²) in [6.07, 6.45) is 1.92. The van der Waals surface area contributed by atoms with Crippen molar-refractivity contribution in [2.45, 2.75) is 39.2 Å². The Labute approximate surface area is 154 Å². The summed E-state index contributed by atoms with van der Waals surface area (Å²) in [5, 5.41) is 4.37. The zero-order chi connectivity index (χ0) is 17.5. The van der Waals surface area contributed by atoms with Gasteiger partial charge in [-0.1, -0.05) is 73.4 Å². The first kappa shape index (κ1) is 18.8. The van der Waals surface area contributed by atoms with Gasteiger partial charge in [0.05, 0.1) is 6.04 Å². The Morgan fingerprint density at radius 1 is 1.08 bits per heavy atom. The van der Waals surface area contributed by atoms with E-state index in [0.29, 0.717) is 28.8 Å². The van der Waals surface area contributed by atoms with Gasteiger partial charge in [0.1, 0.15) is 0 Å². The summed E-state index contributed by atoms with van der Waals surface area (Å²) < 4.78 is 0. The van der Waals surface area contributed by atoms with Gasteiger partial charge in [0.25, 0.3) is 0 Å². The van der Waals surface area contributed by atoms with Gasteiger partial charge in [0, 0.05) is 16.5 Å². The van der Waals surface area contributed by atoms with Crippen molar-refractivity contribution >= 4 is 29.1 Å². The Balaban J connectivity index is 1.97. The average molecular weight is 364 g/mol. The lowest BCUT2D eigenvalue weighted by Gasteiger charge is -2.21. The fraction of sp³-hybridized carbons (Fsp3) is 0.350. The van der Waals surface area contributed by atoms with E-state index in [0.717, 1.165) is 17.5 Å². The Morgan fingerprint density at radius 3 is 2.42 bits per heavy atom. The first-order valence-electron chi connectivity index (χ1n) is 8.24. The third-order valence-corrected chi connectivity index (χ3v) is 4.47. The number of carbonyl (C=O) groups excluding carboxylic acids is 1. The normalized spacial score (nSPS) is 12.2. The van der Waals surface area contributed by atoms with Crippen molar-refractivity contribution in [2.24, 2.45) is 5.92 Å². The molecule has 0 aliphatic rings. The largest absolute Gasteiger partial charge is 0.349 e. The number of benzene rings is 2. The maximum absolute atomic E-state index is 12.4. The zero-order valence-corrected chi connectivity index (χ0v) is 15.6. The summed E-state index contributed by atoms with van der Waals surface area (Å²) in [5.41, 5.74) is 2.08. The molecule has 0 aromatic heterocycles. The Kier molecular flexibility index (Phi) is 7.14. The second kappa shape index (κ2) is 9.10. The molecule has 128 valence electrons. The van der Waals surface area contributed by atoms with Gasteiger partial charge in [-0.2, -0.15) is 0 Å². The van der Waals surface area contributed by atoms with Crippen molar-refractivity contribution in [3.8, 4) is 0 Å². The summed E-state index contributed by atoms with van der Waals surface area (Å²) in [5.74, 6) is 0.539. The molecule has 0 spiro atoms. The van der Waals surface area contributed by atoms with Crippen molar-refractivity contribution in [1.82, 2.24) is 5.32 Å². The smallest absolute Gasteiger partial charge is 0.220 e. The first-order chi connectivity index (χ1) is 11.5. The highest BCUT2D eigenvalue weighted by Gasteiger charge is 2.16. The molecular formula is C20H23Cl2NO. The molecule has 0 saturated carbocycles. The van der Waals surface area contributed by atoms with E-state index in [9.17, 15) is 4.79 Å². The van der Waals surface area contributed by atoms with Gasteiger partial charge >= 0.3 is 0 Å². The molecule has 2 nitrogen and oxygen atoms in total. The fourth-order valence-corrected chi connectivity index (χ4v) is 3.18. The van der Waals surface area contributed by atoms with Crippen molar-refractivity contribution in [2.75, 3.05) is 0 Å². The number of hydrogen-bond donors (Lipinski definition) is 1. The van der Waals surface area contributed by atoms with Crippen molar-refractivity contribution in [3.05, 3.63) is 69.7 Å². The number of aryl methyl sites for hydroxylation is 1. The predicted octanol–water partition coefficient (Wildman–Crippen LogP) is 5.83. The van der Waals surface area contributed by atoms with Gasteiger partial charge in [-0.05, 0) is 42.0 Å². The van der Waals surface area contributed by atoms with E-state index in [1.54, 1.807) is 12.1 Å². The Morgan fingerprint density at radius 2 is 1.79 bits per heavy atom. The van der Waals surface area contributed by atoms with Crippen LogP contribution >= 0.6 is 23.2 Å². The summed E-state index contributed by atoms with van der Waals surface area (Å²) in [6.45, 7) is 4.32. The predicted molar refractivity (Wildman–Crippen MR) is 102 cm³/mol. The fourth-order valence-electron chi connectivity index (χ4n) is 2.67. The second-order valence-electron chi connectivity index (χ2n) is 6.40. The SMILES string of the molecule is CC(C)CC(NC(=O)CCc1ccc(Cl)cc1Cl)c1ccccc1. The molecule has 1 N–H and O–H groups in total. The van der Waals surface area contributed by atoms with E-state index in [1.807, 2.05) is 24.3 Å². The van der Waals surface area contributed by atoms with Crippen LogP contribution in [0.4, 0.5) is 0 Å². The van der Waals surface area contributed by atoms with Crippen molar-refractivity contribution < 1.29 is 4.79 Å². The zero-order valence-electron chi connectivity index (χ0n) is 14.1. The molecule has 1 unspecified atom stereocenters. The molecular weight excluding hydrogens is 341 g/mol. The van der Waals surface area contributed by atoms with Crippen LogP contribution in [0.1, 0.15) is 43.9 Å². The molecule has 1 amide bonds. The topological polar surface area (TPSA) is 29.1 Å². The van der Waals surface area contributed by atoms with Crippen LogP contribution in [-0.4, -0.2) is 5.91 Å². The number of amides is 1. The number of hydrogen-bond acceptors (Lipinski definition) is 1. The molecule has 0 aliphatic heterocycles. The van der Waals surface area contributed by atoms with Gasteiger partial charge in [-0.3, -0.25) is 4.79 Å². The van der Waals surface area contributed by atoms with Crippen molar-refractivity contribution in [1.29, 1.82) is 0 Å². The van der Waals surface area contributed by atoms with Crippen LogP contribution in [0.15, 0.2) is 48.5 Å². The molecule has 0 heterocycles. The molecule has 2 aromatic carbocycles. The lowest BCUT2D eigenvalue weighted by atomic mass is 9.96. The standard InChI is InChI=1S/C20H23Cl2NO/c1-14(2)12-19(16-6-4-3-5-7-16)23-20(24)11-9-15-8-10-17(21)13-18(15)22/h3-8,10,13-14,19H,9,11-12H2,1-2H3,(H,23,24). The van der Waals surface area contributed by atoms with Gasteiger partial charge in [0.15, 0.2) is 0 Å². The van der Waals surface area contributed by atoms with Gasteiger partial charge < -0.3 is 5.32 Å². The molecule has 4 heteroatoms. The van der Waals surface area contributed by atoms with Gasteiger partial charge in [0.2, 0.25) is 5.91 Å². The Hall–Kier alpha value is -1.51. The molecule has 24 heavy (non-hydrogen) atoms. The van der Waals surface area contributed by atoms with E-state index < -0.39 is 0 Å². The summed E-state index contributed by atoms with van der Waals surface area (Å²) in [7, 11) is 0. The lowest BCUT2D eigenvalue weighted by molar-refractivity contribution is -0.121. The van der Waals surface area contributed by atoms with Gasteiger partial charge in [-0.15, -0.1) is 0 Å². The van der Waals surface area contributed by atoms with E-state index in [4.69, 9.17) is 23.2 Å². The minimum Gasteiger partial charge on any atom is -0.349 e. The highest BCUT2D eigenvalue weighted by Crippen LogP contribution is 2.23. The van der Waals surface area contributed by atoms with Crippen LogP contribution < -0.4 is 5.32 Å². The summed E-state index contributed by atoms with van der Waals surface area (Å²) in [6, 6.07) is 15.5. The second-order valence-corrected chi connectivity index (χ2v) is 7.24. The van der Waals surface area contributed by atoms with E-state index in [-0.39, 0.29) is 11.9 Å². The number of carbonyl (C=O) groups is 1. The third kappa shape index (κ3) is 5.85. The molecule has 0 bridgehead atoms. The van der Waals surface area contributed by atoms with Gasteiger partial charge in [-0.25, -0.2) is 0 Å². The van der Waals surface area contributed by atoms with Crippen molar-refractivity contribution in [3.63, 3.8) is 0 Å². The van der Waals surface area contributed by atoms with E-state index in [1.165, 1.54) is 0 Å². The van der Waals surface area contributed by atoms with Crippen LogP contribution in [0.2, 0.25) is 10.0 Å². The minimum atomic E-state index is 0.0375. The highest BCUT2D eigenvalue weighted by molar-refractivity contribution is 6.35. The quantitative estimate of drug-likeness (QED) is 0.658. The van der Waals surface area contributed by atoms with E-state index in [2.05, 4.69) is 31.3 Å². The first-order valence-corrected chi connectivity index (χ1v) is 8.99. The monoisotopic (exact) mass is 363 g/mol. The summed E-state index contributed by atoms with van der Waals surface area (Å²) in [4.78, 5) is 12.4. The molecule has 0 radical (unpaired) electrons. The Bertz CT molecular complexity index is 671. The number of nitrogens with one attached hydrogen (secondary N) is 1. The molecule has 1 atom stereocenters.